The number of piperidine rings is 2. The summed E-state index contributed by atoms with van der Waals surface area (Å²) in [5.74, 6) is 0. The molecule has 2 aliphatic heterocycles. The molecule has 1 aromatic rings. The van der Waals surface area contributed by atoms with Gasteiger partial charge in [-0.3, -0.25) is 4.90 Å². The normalized spacial score (nSPS) is 30.1. The van der Waals surface area contributed by atoms with Gasteiger partial charge in [-0.05, 0) is 43.9 Å². The Morgan fingerprint density at radius 3 is 2.59 bits per heavy atom. The molecule has 0 aliphatic carbocycles. The highest BCUT2D eigenvalue weighted by molar-refractivity contribution is 9.10. The first-order valence-electron chi connectivity index (χ1n) is 7.55. The summed E-state index contributed by atoms with van der Waals surface area (Å²) >= 11 is 3.61. The van der Waals surface area contributed by atoms with Crippen LogP contribution in [0.5, 0.6) is 0 Å². The molecule has 0 saturated carbocycles. The van der Waals surface area contributed by atoms with Crippen LogP contribution in [0.15, 0.2) is 28.7 Å². The summed E-state index contributed by atoms with van der Waals surface area (Å²) in [6.45, 7) is 0.909. The van der Waals surface area contributed by atoms with Gasteiger partial charge in [-0.2, -0.15) is 14.0 Å². The number of hydrogen-bond donors (Lipinski definition) is 0. The Balaban J connectivity index is 1.83. The highest BCUT2D eigenvalue weighted by Gasteiger charge is 2.46. The molecule has 2 heterocycles. The highest BCUT2D eigenvalue weighted by atomic mass is 79.9. The van der Waals surface area contributed by atoms with Crippen molar-refractivity contribution in [2.24, 2.45) is 0 Å². The van der Waals surface area contributed by atoms with Crippen LogP contribution in [0.2, 0.25) is 0 Å². The van der Waals surface area contributed by atoms with Gasteiger partial charge in [0.15, 0.2) is 0 Å². The summed E-state index contributed by atoms with van der Waals surface area (Å²) in [7, 11) is -4.37. The largest absolute Gasteiger partial charge is 0.290 e. The smallest absolute Gasteiger partial charge is 0.229 e. The van der Waals surface area contributed by atoms with E-state index < -0.39 is 16.3 Å². The third kappa shape index (κ3) is 3.64. The molecule has 0 amide bonds. The molecular formula is C15H19BrClNO4. The fraction of sp³-hybridized carbons (Fsp3) is 0.600. The lowest BCUT2D eigenvalue weighted by Crippen LogP contribution is -2.65. The fourth-order valence-corrected chi connectivity index (χ4v) is 4.81. The summed E-state index contributed by atoms with van der Waals surface area (Å²) in [6, 6.07) is 8.37. The molecule has 2 saturated heterocycles. The van der Waals surface area contributed by atoms with Crippen LogP contribution >= 0.6 is 15.9 Å². The van der Waals surface area contributed by atoms with Crippen LogP contribution in [0.25, 0.3) is 0 Å². The molecule has 0 spiro atoms. The second-order valence-corrected chi connectivity index (χ2v) is 7.71. The van der Waals surface area contributed by atoms with E-state index in [-0.39, 0.29) is 12.1 Å². The fourth-order valence-electron chi connectivity index (χ4n) is 3.77. The lowest BCUT2D eigenvalue weighted by atomic mass is 9.84. The molecule has 0 aromatic heterocycles. The van der Waals surface area contributed by atoms with E-state index in [4.69, 9.17) is 4.29 Å². The number of rotatable bonds is 3. The van der Waals surface area contributed by atoms with Crippen molar-refractivity contribution in [2.75, 3.05) is 6.54 Å². The summed E-state index contributed by atoms with van der Waals surface area (Å²) in [5.41, 5.74) is 1.22. The van der Waals surface area contributed by atoms with E-state index in [2.05, 4.69) is 26.9 Å². The van der Waals surface area contributed by atoms with Crippen molar-refractivity contribution in [1.29, 1.82) is 0 Å². The molecule has 0 N–H and O–H groups in total. The van der Waals surface area contributed by atoms with Crippen molar-refractivity contribution in [2.45, 2.75) is 50.3 Å². The minimum Gasteiger partial charge on any atom is -0.290 e. The standard InChI is InChI=1S/C15H19BrClNO4/c16-12-6-2-1-5-11(12)13-8-9-15(22-17(19,20)21)14-7-3-4-10-18(13)14/h1-2,5-6,13-15H,3-4,7-10H2. The maximum Gasteiger partial charge on any atom is 0.229 e. The maximum atomic E-state index is 10.9. The van der Waals surface area contributed by atoms with Crippen molar-refractivity contribution >= 4 is 15.9 Å². The number of halogens is 2. The molecule has 2 aliphatic rings. The Labute approximate surface area is 140 Å². The predicted octanol–water partition coefficient (Wildman–Crippen LogP) is 0.421. The molecule has 5 nitrogen and oxygen atoms in total. The molecule has 0 radical (unpaired) electrons. The van der Waals surface area contributed by atoms with Crippen molar-refractivity contribution in [3.05, 3.63) is 34.3 Å². The quantitative estimate of drug-likeness (QED) is 0.745. The Kier molecular flexibility index (Phi) is 5.09. The van der Waals surface area contributed by atoms with Gasteiger partial charge in [-0.25, -0.2) is 0 Å². The predicted molar refractivity (Wildman–Crippen MR) is 75.3 cm³/mol. The van der Waals surface area contributed by atoms with E-state index >= 15 is 0 Å². The Morgan fingerprint density at radius 2 is 1.86 bits per heavy atom. The van der Waals surface area contributed by atoms with Gasteiger partial charge < -0.3 is 0 Å². The number of benzene rings is 1. The molecule has 0 bridgehead atoms. The van der Waals surface area contributed by atoms with Crippen LogP contribution in [0.4, 0.5) is 0 Å². The Morgan fingerprint density at radius 1 is 1.09 bits per heavy atom. The van der Waals surface area contributed by atoms with Gasteiger partial charge in [0.25, 0.3) is 0 Å². The van der Waals surface area contributed by atoms with E-state index in [0.717, 1.165) is 36.7 Å². The first-order valence-corrected chi connectivity index (χ1v) is 9.58. The summed E-state index contributed by atoms with van der Waals surface area (Å²) in [5, 5.41) is 0. The van der Waals surface area contributed by atoms with Crippen molar-refractivity contribution in [3.63, 3.8) is 0 Å². The number of fused-ring (bicyclic) bond motifs is 1. The van der Waals surface area contributed by atoms with Gasteiger partial charge in [0.2, 0.25) is 6.10 Å². The SMILES string of the molecule is [O-][Cl+3]([O-])([O-])OC1CCC(c2ccccc2Br)N2CCCCC12. The van der Waals surface area contributed by atoms with Crippen LogP contribution < -0.4 is 14.0 Å². The van der Waals surface area contributed by atoms with Crippen LogP contribution in [-0.2, 0) is 4.29 Å². The van der Waals surface area contributed by atoms with Gasteiger partial charge in [-0.15, -0.1) is 0 Å². The monoisotopic (exact) mass is 391 g/mol. The molecule has 3 rings (SSSR count). The summed E-state index contributed by atoms with van der Waals surface area (Å²) in [4.78, 5) is 2.32. The molecule has 122 valence electrons. The maximum absolute atomic E-state index is 10.9. The second kappa shape index (κ2) is 6.73. The van der Waals surface area contributed by atoms with Crippen molar-refractivity contribution in [3.8, 4) is 0 Å². The average molecular weight is 393 g/mol. The Bertz CT molecular complexity index is 525. The molecular weight excluding hydrogens is 374 g/mol. The van der Waals surface area contributed by atoms with Crippen LogP contribution in [0.1, 0.15) is 43.7 Å². The minimum atomic E-state index is -4.37. The number of nitrogens with zero attached hydrogens (tertiary/aromatic N) is 1. The summed E-state index contributed by atoms with van der Waals surface area (Å²) in [6.07, 6.45) is 3.85. The van der Waals surface area contributed by atoms with Gasteiger partial charge in [0.05, 0.1) is 20.6 Å². The van der Waals surface area contributed by atoms with Crippen molar-refractivity contribution < 1.29 is 28.5 Å². The zero-order valence-corrected chi connectivity index (χ0v) is 14.5. The van der Waals surface area contributed by atoms with Gasteiger partial charge >= 0.3 is 0 Å². The molecule has 7 heteroatoms. The lowest BCUT2D eigenvalue weighted by Gasteiger charge is -2.46. The molecule has 3 unspecified atom stereocenters. The van der Waals surface area contributed by atoms with Crippen molar-refractivity contribution in [1.82, 2.24) is 4.90 Å². The molecule has 3 atom stereocenters. The van der Waals surface area contributed by atoms with E-state index in [0.29, 0.717) is 6.42 Å². The molecule has 22 heavy (non-hydrogen) atoms. The minimum absolute atomic E-state index is 0.00386. The van der Waals surface area contributed by atoms with Crippen LogP contribution in [0, 0.1) is 10.2 Å². The first kappa shape index (κ1) is 16.6. The third-order valence-corrected chi connectivity index (χ3v) is 5.80. The van der Waals surface area contributed by atoms with Gasteiger partial charge in [0.1, 0.15) is 0 Å². The topological polar surface area (TPSA) is 81.6 Å². The van der Waals surface area contributed by atoms with Crippen LogP contribution in [0.3, 0.4) is 0 Å². The average Bonchev–Trinajstić information content (AvgIpc) is 2.47. The van der Waals surface area contributed by atoms with Crippen LogP contribution in [-0.4, -0.2) is 23.6 Å². The van der Waals surface area contributed by atoms with E-state index in [9.17, 15) is 14.0 Å². The molecule has 2 fully saturated rings. The van der Waals surface area contributed by atoms with E-state index in [1.165, 1.54) is 5.56 Å². The van der Waals surface area contributed by atoms with Gasteiger partial charge in [-0.1, -0.05) is 40.5 Å². The van der Waals surface area contributed by atoms with E-state index in [1.807, 2.05) is 18.2 Å². The zero-order valence-electron chi connectivity index (χ0n) is 12.1. The third-order valence-electron chi connectivity index (χ3n) is 4.63. The Hall–Kier alpha value is -0.210. The highest BCUT2D eigenvalue weighted by Crippen LogP contribution is 2.42. The number of hydrogen-bond acceptors (Lipinski definition) is 5. The first-order chi connectivity index (χ1) is 10.5. The van der Waals surface area contributed by atoms with Gasteiger partial charge in [0, 0.05) is 10.5 Å². The summed E-state index contributed by atoms with van der Waals surface area (Å²) < 4.78 is 38.7. The zero-order chi connectivity index (χ0) is 15.7. The lowest BCUT2D eigenvalue weighted by molar-refractivity contribution is -1.92. The molecule has 1 aromatic carbocycles. The van der Waals surface area contributed by atoms with E-state index in [1.54, 1.807) is 0 Å². The second-order valence-electron chi connectivity index (χ2n) is 5.92.